The summed E-state index contributed by atoms with van der Waals surface area (Å²) in [6.45, 7) is 0. The summed E-state index contributed by atoms with van der Waals surface area (Å²) in [4.78, 5) is 12.7. The van der Waals surface area contributed by atoms with Gasteiger partial charge in [-0.15, -0.1) is 10.2 Å². The number of hydrogen-bond donors (Lipinski definition) is 1. The molecule has 28 heavy (non-hydrogen) atoms. The fourth-order valence-electron chi connectivity index (χ4n) is 2.77. The first kappa shape index (κ1) is 18.4. The zero-order valence-electron chi connectivity index (χ0n) is 14.9. The third-order valence-corrected chi connectivity index (χ3v) is 6.00. The second kappa shape index (κ2) is 8.82. The molecule has 4 rings (SSSR count). The topological polar surface area (TPSA) is 54.9 Å². The van der Waals surface area contributed by atoms with Crippen molar-refractivity contribution in [3.05, 3.63) is 90.0 Å². The number of hydrogen-bond acceptors (Lipinski definition) is 5. The minimum Gasteiger partial charge on any atom is -0.296 e. The van der Waals surface area contributed by atoms with E-state index in [-0.39, 0.29) is 5.91 Å². The van der Waals surface area contributed by atoms with Gasteiger partial charge in [-0.05, 0) is 22.4 Å². The maximum atomic E-state index is 12.7. The van der Waals surface area contributed by atoms with Gasteiger partial charge in [0.2, 0.25) is 5.13 Å². The lowest BCUT2D eigenvalue weighted by Crippen LogP contribution is -2.12. The highest BCUT2D eigenvalue weighted by Crippen LogP contribution is 2.27. The average molecular weight is 404 g/mol. The maximum Gasteiger partial charge on any atom is 0.258 e. The van der Waals surface area contributed by atoms with Crippen molar-refractivity contribution in [2.45, 2.75) is 4.34 Å². The molecule has 0 aliphatic rings. The van der Waals surface area contributed by atoms with Gasteiger partial charge in [0.15, 0.2) is 4.34 Å². The van der Waals surface area contributed by atoms with Crippen LogP contribution >= 0.6 is 23.1 Å². The summed E-state index contributed by atoms with van der Waals surface area (Å²) in [6, 6.07) is 23.7. The highest BCUT2D eigenvalue weighted by Gasteiger charge is 2.12. The first-order valence-electron chi connectivity index (χ1n) is 8.76. The molecule has 0 radical (unpaired) electrons. The van der Waals surface area contributed by atoms with Crippen LogP contribution in [0.15, 0.2) is 83.2 Å². The van der Waals surface area contributed by atoms with Crippen molar-refractivity contribution in [3.63, 3.8) is 0 Å². The van der Waals surface area contributed by atoms with Gasteiger partial charge in [0.05, 0.1) is 0 Å². The van der Waals surface area contributed by atoms with E-state index in [4.69, 9.17) is 0 Å². The smallest absolute Gasteiger partial charge is 0.258 e. The van der Waals surface area contributed by atoms with Gasteiger partial charge in [-0.3, -0.25) is 10.1 Å². The molecular weight excluding hydrogens is 386 g/mol. The highest BCUT2D eigenvalue weighted by atomic mass is 32.2. The van der Waals surface area contributed by atoms with Crippen LogP contribution in [0.3, 0.4) is 0 Å². The first-order chi connectivity index (χ1) is 13.8. The van der Waals surface area contributed by atoms with E-state index >= 15 is 0 Å². The number of amides is 1. The number of nitrogens with zero attached hydrogens (tertiary/aromatic N) is 2. The Bertz CT molecular complexity index is 1120. The van der Waals surface area contributed by atoms with Crippen molar-refractivity contribution in [1.82, 2.24) is 10.2 Å². The van der Waals surface area contributed by atoms with E-state index < -0.39 is 0 Å². The maximum absolute atomic E-state index is 12.7. The molecule has 138 valence electrons. The Morgan fingerprint density at radius 3 is 2.64 bits per heavy atom. The number of carbonyl (C=O) groups is 1. The quantitative estimate of drug-likeness (QED) is 0.329. The average Bonchev–Trinajstić information content (AvgIpc) is 3.18. The Labute approximate surface area is 171 Å². The fourth-order valence-corrected chi connectivity index (χ4v) is 4.36. The third-order valence-electron chi connectivity index (χ3n) is 4.07. The lowest BCUT2D eigenvalue weighted by molar-refractivity contribution is 0.102. The molecule has 4 nitrogen and oxygen atoms in total. The molecule has 0 atom stereocenters. The number of aromatic nitrogens is 2. The lowest BCUT2D eigenvalue weighted by atomic mass is 10.0. The summed E-state index contributed by atoms with van der Waals surface area (Å²) in [5.74, 6) is 0.620. The molecule has 1 N–H and O–H groups in total. The summed E-state index contributed by atoms with van der Waals surface area (Å²) in [5, 5.41) is 13.6. The molecule has 4 aromatic rings. The van der Waals surface area contributed by atoms with Gasteiger partial charge >= 0.3 is 0 Å². The van der Waals surface area contributed by atoms with E-state index in [0.29, 0.717) is 10.7 Å². The lowest BCUT2D eigenvalue weighted by Gasteiger charge is -2.05. The largest absolute Gasteiger partial charge is 0.296 e. The molecule has 6 heteroatoms. The van der Waals surface area contributed by atoms with Gasteiger partial charge in [-0.1, -0.05) is 102 Å². The van der Waals surface area contributed by atoms with Crippen LogP contribution in [-0.2, 0) is 0 Å². The van der Waals surface area contributed by atoms with Crippen LogP contribution in [0.2, 0.25) is 0 Å². The number of anilines is 1. The SMILES string of the molecule is O=C(Nc1nnc(SC/C=C/c2ccccc2)s1)c1cccc2ccccc12. The van der Waals surface area contributed by atoms with E-state index in [1.165, 1.54) is 16.9 Å². The molecule has 0 saturated heterocycles. The molecule has 3 aromatic carbocycles. The normalized spacial score (nSPS) is 11.1. The van der Waals surface area contributed by atoms with Crippen LogP contribution in [0.5, 0.6) is 0 Å². The molecule has 1 aromatic heterocycles. The van der Waals surface area contributed by atoms with Crippen LogP contribution in [0.1, 0.15) is 15.9 Å². The molecule has 0 fully saturated rings. The van der Waals surface area contributed by atoms with E-state index in [0.717, 1.165) is 20.9 Å². The predicted molar refractivity (Wildman–Crippen MR) is 118 cm³/mol. The number of rotatable bonds is 6. The van der Waals surface area contributed by atoms with Gasteiger partial charge in [-0.2, -0.15) is 0 Å². The molecular formula is C22H17N3OS2. The summed E-state index contributed by atoms with van der Waals surface area (Å²) in [6.07, 6.45) is 4.17. The van der Waals surface area contributed by atoms with Crippen LogP contribution in [0, 0.1) is 0 Å². The standard InChI is InChI=1S/C22H17N3OS2/c26-20(19-14-6-12-17-11-4-5-13-18(17)19)23-21-24-25-22(28-21)27-15-7-10-16-8-2-1-3-9-16/h1-14H,15H2,(H,23,24,26)/b10-7+. The van der Waals surface area contributed by atoms with Crippen LogP contribution in [-0.4, -0.2) is 21.9 Å². The Morgan fingerprint density at radius 1 is 0.964 bits per heavy atom. The number of carbonyl (C=O) groups excluding carboxylic acids is 1. The van der Waals surface area contributed by atoms with Crippen LogP contribution in [0.4, 0.5) is 5.13 Å². The van der Waals surface area contributed by atoms with Crippen molar-refractivity contribution in [2.24, 2.45) is 0 Å². The van der Waals surface area contributed by atoms with Crippen molar-refractivity contribution in [1.29, 1.82) is 0 Å². The molecule has 0 unspecified atom stereocenters. The molecule has 1 amide bonds. The highest BCUT2D eigenvalue weighted by molar-refractivity contribution is 8.01. The Morgan fingerprint density at radius 2 is 1.75 bits per heavy atom. The molecule has 0 aliphatic heterocycles. The molecule has 0 spiro atoms. The predicted octanol–water partition coefficient (Wildman–Crippen LogP) is 5.75. The number of thioether (sulfide) groups is 1. The second-order valence-electron chi connectivity index (χ2n) is 5.98. The van der Waals surface area contributed by atoms with E-state index in [2.05, 4.69) is 39.8 Å². The Hall–Kier alpha value is -2.96. The second-order valence-corrected chi connectivity index (χ2v) is 8.22. The van der Waals surface area contributed by atoms with Crippen molar-refractivity contribution in [3.8, 4) is 0 Å². The van der Waals surface area contributed by atoms with E-state index in [1.54, 1.807) is 11.8 Å². The van der Waals surface area contributed by atoms with Gasteiger partial charge in [0, 0.05) is 11.3 Å². The first-order valence-corrected chi connectivity index (χ1v) is 10.6. The minimum atomic E-state index is -0.173. The van der Waals surface area contributed by atoms with Crippen molar-refractivity contribution in [2.75, 3.05) is 11.1 Å². The minimum absolute atomic E-state index is 0.173. The van der Waals surface area contributed by atoms with Gasteiger partial charge < -0.3 is 0 Å². The van der Waals surface area contributed by atoms with Gasteiger partial charge in [-0.25, -0.2) is 0 Å². The van der Waals surface area contributed by atoms with E-state index in [1.807, 2.05) is 60.7 Å². The number of fused-ring (bicyclic) bond motifs is 1. The third kappa shape index (κ3) is 4.47. The Balaban J connectivity index is 1.38. The zero-order chi connectivity index (χ0) is 19.2. The monoisotopic (exact) mass is 403 g/mol. The Kier molecular flexibility index (Phi) is 5.80. The fraction of sp³-hybridized carbons (Fsp3) is 0.0455. The van der Waals surface area contributed by atoms with Crippen molar-refractivity contribution < 1.29 is 4.79 Å². The summed E-state index contributed by atoms with van der Waals surface area (Å²) < 4.78 is 0.825. The summed E-state index contributed by atoms with van der Waals surface area (Å²) >= 11 is 2.98. The van der Waals surface area contributed by atoms with Crippen LogP contribution in [0.25, 0.3) is 16.8 Å². The van der Waals surface area contributed by atoms with Crippen molar-refractivity contribution >= 4 is 51.0 Å². The van der Waals surface area contributed by atoms with E-state index in [9.17, 15) is 4.79 Å². The molecule has 0 aliphatic carbocycles. The molecule has 1 heterocycles. The number of benzene rings is 3. The summed E-state index contributed by atoms with van der Waals surface area (Å²) in [5.41, 5.74) is 1.80. The van der Waals surface area contributed by atoms with Gasteiger partial charge in [0.25, 0.3) is 5.91 Å². The molecule has 0 saturated carbocycles. The van der Waals surface area contributed by atoms with Crippen LogP contribution < -0.4 is 5.32 Å². The zero-order valence-corrected chi connectivity index (χ0v) is 16.5. The molecule has 0 bridgehead atoms. The van der Waals surface area contributed by atoms with Gasteiger partial charge in [0.1, 0.15) is 0 Å². The summed E-state index contributed by atoms with van der Waals surface area (Å²) in [7, 11) is 0. The number of nitrogens with one attached hydrogen (secondary N) is 1.